The number of benzene rings is 1. The molecule has 0 heterocycles. The van der Waals surface area contributed by atoms with Gasteiger partial charge in [0.1, 0.15) is 5.75 Å². The predicted molar refractivity (Wildman–Crippen MR) is 74.6 cm³/mol. The molecule has 1 rings (SSSR count). The van der Waals surface area contributed by atoms with Crippen molar-refractivity contribution in [1.29, 1.82) is 0 Å². The molecule has 0 aliphatic rings. The zero-order chi connectivity index (χ0) is 13.8. The number of hydrogen-bond donors (Lipinski definition) is 2. The van der Waals surface area contributed by atoms with Crippen LogP contribution < -0.4 is 0 Å². The van der Waals surface area contributed by atoms with Gasteiger partial charge in [-0.3, -0.25) is 0 Å². The minimum atomic E-state index is -0.511. The normalized spacial score (nSPS) is 13.9. The quantitative estimate of drug-likeness (QED) is 0.817. The molecule has 0 aromatic heterocycles. The maximum absolute atomic E-state index is 10.1. The van der Waals surface area contributed by atoms with Crippen LogP contribution >= 0.6 is 0 Å². The van der Waals surface area contributed by atoms with Crippen LogP contribution in [0.2, 0.25) is 0 Å². The molecule has 0 fully saturated rings. The number of hydrogen-bond acceptors (Lipinski definition) is 3. The van der Waals surface area contributed by atoms with Crippen LogP contribution in [0.4, 0.5) is 0 Å². The third-order valence-corrected chi connectivity index (χ3v) is 3.42. The highest BCUT2D eigenvalue weighted by Crippen LogP contribution is 2.22. The number of rotatable bonds is 6. The van der Waals surface area contributed by atoms with Gasteiger partial charge in [-0.05, 0) is 36.6 Å². The Morgan fingerprint density at radius 1 is 1.22 bits per heavy atom. The van der Waals surface area contributed by atoms with Gasteiger partial charge in [0, 0.05) is 13.1 Å². The highest BCUT2D eigenvalue weighted by atomic mass is 16.3. The smallest absolute Gasteiger partial charge is 0.115 e. The molecule has 1 unspecified atom stereocenters. The predicted octanol–water partition coefficient (Wildman–Crippen LogP) is 2.79. The van der Waals surface area contributed by atoms with Gasteiger partial charge in [-0.15, -0.1) is 0 Å². The highest BCUT2D eigenvalue weighted by Gasteiger charge is 2.19. The van der Waals surface area contributed by atoms with Crippen molar-refractivity contribution < 1.29 is 10.2 Å². The summed E-state index contributed by atoms with van der Waals surface area (Å²) in [6.07, 6.45) is 0.607. The molecule has 1 aromatic rings. The molecule has 0 saturated carbocycles. The lowest BCUT2D eigenvalue weighted by Crippen LogP contribution is -2.33. The Morgan fingerprint density at radius 2 is 1.78 bits per heavy atom. The van der Waals surface area contributed by atoms with E-state index in [-0.39, 0.29) is 11.2 Å². The highest BCUT2D eigenvalue weighted by molar-refractivity contribution is 5.27. The maximum atomic E-state index is 10.1. The second kappa shape index (κ2) is 6.21. The lowest BCUT2D eigenvalue weighted by Gasteiger charge is -2.30. The Morgan fingerprint density at radius 3 is 2.28 bits per heavy atom. The molecule has 0 spiro atoms. The maximum Gasteiger partial charge on any atom is 0.115 e. The molecule has 2 N–H and O–H groups in total. The van der Waals surface area contributed by atoms with E-state index in [1.165, 1.54) is 0 Å². The second-order valence-electron chi connectivity index (χ2n) is 5.82. The fourth-order valence-corrected chi connectivity index (χ4v) is 2.00. The first-order chi connectivity index (χ1) is 8.34. The summed E-state index contributed by atoms with van der Waals surface area (Å²) in [6, 6.07) is 6.74. The molecule has 1 atom stereocenters. The van der Waals surface area contributed by atoms with Gasteiger partial charge in [0.2, 0.25) is 0 Å². The summed E-state index contributed by atoms with van der Waals surface area (Å²) in [5, 5.41) is 19.3. The van der Waals surface area contributed by atoms with Crippen molar-refractivity contribution in [3.05, 3.63) is 29.8 Å². The number of phenolic OH excluding ortho intramolecular Hbond substituents is 1. The van der Waals surface area contributed by atoms with Crippen molar-refractivity contribution in [2.24, 2.45) is 5.41 Å². The van der Waals surface area contributed by atoms with Crippen LogP contribution in [0.3, 0.4) is 0 Å². The van der Waals surface area contributed by atoms with Crippen LogP contribution in [-0.4, -0.2) is 35.3 Å². The number of aliphatic hydroxyl groups excluding tert-OH is 1. The number of aliphatic hydroxyl groups is 1. The third kappa shape index (κ3) is 4.67. The average Bonchev–Trinajstić information content (AvgIpc) is 2.29. The summed E-state index contributed by atoms with van der Waals surface area (Å²) >= 11 is 0. The Labute approximate surface area is 110 Å². The molecular formula is C15H25NO2. The molecule has 0 radical (unpaired) electrons. The van der Waals surface area contributed by atoms with E-state index in [4.69, 9.17) is 0 Å². The van der Waals surface area contributed by atoms with Crippen LogP contribution in [0, 0.1) is 5.41 Å². The van der Waals surface area contributed by atoms with Gasteiger partial charge >= 0.3 is 0 Å². The number of nitrogens with zero attached hydrogens (tertiary/aromatic N) is 1. The summed E-state index contributed by atoms with van der Waals surface area (Å²) in [5.41, 5.74) is 1.11. The number of likely N-dealkylation sites (N-methyl/N-ethyl adjacent to an activating group) is 1. The molecule has 0 aliphatic carbocycles. The Balaban J connectivity index is 2.54. The van der Waals surface area contributed by atoms with Gasteiger partial charge in [0.05, 0.1) is 6.10 Å². The number of phenols is 1. The van der Waals surface area contributed by atoms with Crippen LogP contribution in [0.25, 0.3) is 0 Å². The molecule has 0 aliphatic heterocycles. The molecule has 3 heteroatoms. The minimum absolute atomic E-state index is 0.228. The Hall–Kier alpha value is -1.06. The van der Waals surface area contributed by atoms with E-state index in [0.717, 1.165) is 18.5 Å². The molecular weight excluding hydrogens is 226 g/mol. The van der Waals surface area contributed by atoms with E-state index in [2.05, 4.69) is 25.7 Å². The largest absolute Gasteiger partial charge is 0.508 e. The van der Waals surface area contributed by atoms with Gasteiger partial charge in [0.15, 0.2) is 0 Å². The van der Waals surface area contributed by atoms with Crippen molar-refractivity contribution in [2.45, 2.75) is 33.3 Å². The molecule has 102 valence electrons. The molecule has 0 saturated heterocycles. The van der Waals surface area contributed by atoms with Crippen molar-refractivity contribution >= 4 is 0 Å². The van der Waals surface area contributed by atoms with Crippen molar-refractivity contribution in [2.75, 3.05) is 20.1 Å². The van der Waals surface area contributed by atoms with Gasteiger partial charge in [-0.2, -0.15) is 0 Å². The first kappa shape index (κ1) is 15.0. The zero-order valence-electron chi connectivity index (χ0n) is 11.8. The van der Waals surface area contributed by atoms with Crippen LogP contribution in [0.15, 0.2) is 24.3 Å². The van der Waals surface area contributed by atoms with Gasteiger partial charge in [0.25, 0.3) is 0 Å². The van der Waals surface area contributed by atoms with Gasteiger partial charge < -0.3 is 15.1 Å². The van der Waals surface area contributed by atoms with E-state index in [1.54, 1.807) is 24.3 Å². The summed E-state index contributed by atoms with van der Waals surface area (Å²) in [6.45, 7) is 8.21. The SMILES string of the molecule is CCC(C)(C)CN(C)CC(O)c1ccc(O)cc1. The summed E-state index contributed by atoms with van der Waals surface area (Å²) < 4.78 is 0. The van der Waals surface area contributed by atoms with E-state index >= 15 is 0 Å². The summed E-state index contributed by atoms with van der Waals surface area (Å²) in [5.74, 6) is 0.228. The van der Waals surface area contributed by atoms with Crippen molar-refractivity contribution in [1.82, 2.24) is 4.90 Å². The molecule has 0 bridgehead atoms. The zero-order valence-corrected chi connectivity index (χ0v) is 11.8. The van der Waals surface area contributed by atoms with Gasteiger partial charge in [-0.25, -0.2) is 0 Å². The van der Waals surface area contributed by atoms with E-state index in [0.29, 0.717) is 6.54 Å². The second-order valence-corrected chi connectivity index (χ2v) is 5.82. The topological polar surface area (TPSA) is 43.7 Å². The van der Waals surface area contributed by atoms with Crippen LogP contribution in [0.5, 0.6) is 5.75 Å². The molecule has 3 nitrogen and oxygen atoms in total. The minimum Gasteiger partial charge on any atom is -0.508 e. The monoisotopic (exact) mass is 251 g/mol. The van der Waals surface area contributed by atoms with E-state index < -0.39 is 6.10 Å². The van der Waals surface area contributed by atoms with Crippen LogP contribution in [0.1, 0.15) is 38.9 Å². The van der Waals surface area contributed by atoms with Crippen molar-refractivity contribution in [3.63, 3.8) is 0 Å². The summed E-state index contributed by atoms with van der Waals surface area (Å²) in [7, 11) is 2.03. The molecule has 18 heavy (non-hydrogen) atoms. The first-order valence-electron chi connectivity index (χ1n) is 6.49. The molecule has 1 aromatic carbocycles. The van der Waals surface area contributed by atoms with Crippen molar-refractivity contribution in [3.8, 4) is 5.75 Å². The number of aromatic hydroxyl groups is 1. The van der Waals surface area contributed by atoms with E-state index in [1.807, 2.05) is 7.05 Å². The van der Waals surface area contributed by atoms with E-state index in [9.17, 15) is 10.2 Å². The average molecular weight is 251 g/mol. The van der Waals surface area contributed by atoms with Gasteiger partial charge in [-0.1, -0.05) is 32.9 Å². The Kier molecular flexibility index (Phi) is 5.17. The first-order valence-corrected chi connectivity index (χ1v) is 6.49. The summed E-state index contributed by atoms with van der Waals surface area (Å²) in [4.78, 5) is 2.15. The standard InChI is InChI=1S/C15H25NO2/c1-5-15(2,3)11-16(4)10-14(18)12-6-8-13(17)9-7-12/h6-9,14,17-18H,5,10-11H2,1-4H3. The third-order valence-electron chi connectivity index (χ3n) is 3.42. The fraction of sp³-hybridized carbons (Fsp3) is 0.600. The molecule has 0 amide bonds. The lowest BCUT2D eigenvalue weighted by atomic mass is 9.89. The van der Waals surface area contributed by atoms with Crippen LogP contribution in [-0.2, 0) is 0 Å². The Bertz CT molecular complexity index is 359. The fourth-order valence-electron chi connectivity index (χ4n) is 2.00. The lowest BCUT2D eigenvalue weighted by molar-refractivity contribution is 0.103.